The maximum Gasteiger partial charge on any atom is 0.264 e. The van der Waals surface area contributed by atoms with Gasteiger partial charge < -0.3 is 14.1 Å². The van der Waals surface area contributed by atoms with Gasteiger partial charge in [-0.1, -0.05) is 51.6 Å². The highest BCUT2D eigenvalue weighted by atomic mass is 32.2. The summed E-state index contributed by atoms with van der Waals surface area (Å²) in [4.78, 5) is 34.4. The van der Waals surface area contributed by atoms with Crippen molar-refractivity contribution in [2.75, 3.05) is 11.3 Å². The molecule has 2 aromatic carbocycles. The van der Waals surface area contributed by atoms with E-state index in [0.717, 1.165) is 35.1 Å². The molecule has 12 heteroatoms. The van der Waals surface area contributed by atoms with Crippen LogP contribution in [0.2, 0.25) is 0 Å². The molecule has 1 aliphatic carbocycles. The fraction of sp³-hybridized carbons (Fsp3) is 0.342. The second-order valence-corrected chi connectivity index (χ2v) is 14.9. The quantitative estimate of drug-likeness (QED) is 0.187. The third kappa shape index (κ3) is 7.25. The second kappa shape index (κ2) is 13.7. The molecule has 5 aromatic rings. The average Bonchev–Trinajstić information content (AvgIpc) is 3.65. The Hall–Kier alpha value is -5.10. The molecule has 50 heavy (non-hydrogen) atoms. The molecule has 0 saturated heterocycles. The number of allylic oxidation sites excluding steroid dienone is 1. The molecule has 0 radical (unpaired) electrons. The van der Waals surface area contributed by atoms with E-state index in [1.165, 1.54) is 12.1 Å². The minimum atomic E-state index is -4.18. The standard InChI is InChI=1S/C36H36N6O5S.C2H6.H2/c1-21(2)30-15-29-33(47-30)37-18-25(38-29)19-42-26(17-36(5)12-13-36)20-46-31-16-28(32-22(3)8-6-9-23(32)4)39-35(40-31)41-48(44,45)27-11-7-10-24(14-27)34(42)43;1-2;/h6-11,14-16,18,26H,1,12-13,17,19-20H2,2-5H3,(H,39,40,41);1-2H3;1H/t26-;;/m1../s1. The Balaban J connectivity index is 0.00000165. The maximum absolute atomic E-state index is 14.5. The molecule has 1 fully saturated rings. The first-order valence-corrected chi connectivity index (χ1v) is 18.3. The smallest absolute Gasteiger partial charge is 0.264 e. The molecule has 11 nitrogen and oxygen atoms in total. The molecule has 0 unspecified atom stereocenters. The van der Waals surface area contributed by atoms with Crippen molar-refractivity contribution in [1.29, 1.82) is 0 Å². The van der Waals surface area contributed by atoms with E-state index in [1.807, 2.05) is 52.8 Å². The van der Waals surface area contributed by atoms with Crippen LogP contribution in [0.5, 0.6) is 5.88 Å². The molecule has 262 valence electrons. The highest BCUT2D eigenvalue weighted by Crippen LogP contribution is 2.49. The number of aromatic nitrogens is 4. The number of ether oxygens (including phenoxy) is 1. The van der Waals surface area contributed by atoms with Gasteiger partial charge in [0.2, 0.25) is 17.5 Å². The number of nitrogens with zero attached hydrogens (tertiary/aromatic N) is 5. The van der Waals surface area contributed by atoms with E-state index in [-0.39, 0.29) is 48.2 Å². The van der Waals surface area contributed by atoms with E-state index in [2.05, 4.69) is 33.2 Å². The van der Waals surface area contributed by atoms with Crippen molar-refractivity contribution in [2.24, 2.45) is 5.41 Å². The summed E-state index contributed by atoms with van der Waals surface area (Å²) >= 11 is 0. The molecule has 1 N–H and O–H groups in total. The van der Waals surface area contributed by atoms with Gasteiger partial charge in [-0.05, 0) is 80.3 Å². The van der Waals surface area contributed by atoms with Crippen molar-refractivity contribution in [2.45, 2.75) is 78.3 Å². The molecule has 1 aliphatic heterocycles. The van der Waals surface area contributed by atoms with E-state index < -0.39 is 16.1 Å². The zero-order valence-corrected chi connectivity index (χ0v) is 30.1. The van der Waals surface area contributed by atoms with Crippen molar-refractivity contribution >= 4 is 38.7 Å². The number of carbonyl (C=O) groups excluding carboxylic acids is 1. The van der Waals surface area contributed by atoms with Gasteiger partial charge in [-0.25, -0.2) is 28.1 Å². The van der Waals surface area contributed by atoms with Crippen LogP contribution in [-0.4, -0.2) is 51.8 Å². The van der Waals surface area contributed by atoms with Crippen molar-refractivity contribution in [1.82, 2.24) is 24.8 Å². The Morgan fingerprint density at radius 3 is 2.48 bits per heavy atom. The maximum atomic E-state index is 14.5. The lowest BCUT2D eigenvalue weighted by Crippen LogP contribution is -2.44. The summed E-state index contributed by atoms with van der Waals surface area (Å²) < 4.78 is 42.0. The molecule has 3 aromatic heterocycles. The average molecular weight is 697 g/mol. The number of sulfonamides is 1. The van der Waals surface area contributed by atoms with E-state index in [9.17, 15) is 13.2 Å². The number of anilines is 1. The van der Waals surface area contributed by atoms with Crippen LogP contribution < -0.4 is 9.46 Å². The number of aryl methyl sites for hydroxylation is 2. The van der Waals surface area contributed by atoms with Crippen molar-refractivity contribution in [3.63, 3.8) is 0 Å². The first-order chi connectivity index (χ1) is 23.9. The molecule has 0 spiro atoms. The van der Waals surface area contributed by atoms with E-state index >= 15 is 0 Å². The number of benzene rings is 2. The Bertz CT molecular complexity index is 2200. The van der Waals surface area contributed by atoms with E-state index in [1.54, 1.807) is 35.4 Å². The summed E-state index contributed by atoms with van der Waals surface area (Å²) in [6, 6.07) is 15.0. The van der Waals surface area contributed by atoms with Gasteiger partial charge in [-0.2, -0.15) is 4.98 Å². The fourth-order valence-corrected chi connectivity index (χ4v) is 7.14. The molecular weight excluding hydrogens is 653 g/mol. The number of amides is 1. The minimum Gasteiger partial charge on any atom is -0.475 e. The van der Waals surface area contributed by atoms with Crippen LogP contribution >= 0.6 is 0 Å². The van der Waals surface area contributed by atoms with Crippen LogP contribution in [0.1, 0.15) is 81.3 Å². The predicted octanol–water partition coefficient (Wildman–Crippen LogP) is 8.00. The lowest BCUT2D eigenvalue weighted by Gasteiger charge is -2.33. The summed E-state index contributed by atoms with van der Waals surface area (Å²) in [6.45, 7) is 16.2. The largest absolute Gasteiger partial charge is 0.475 e. The number of carbonyl (C=O) groups is 1. The van der Waals surface area contributed by atoms with Crippen LogP contribution in [0.3, 0.4) is 0 Å². The Morgan fingerprint density at radius 2 is 1.78 bits per heavy atom. The van der Waals surface area contributed by atoms with Gasteiger partial charge in [-0.15, -0.1) is 0 Å². The zero-order chi connectivity index (χ0) is 35.8. The van der Waals surface area contributed by atoms with Gasteiger partial charge in [0.05, 0.1) is 35.1 Å². The van der Waals surface area contributed by atoms with Gasteiger partial charge in [0, 0.05) is 24.7 Å². The normalized spacial score (nSPS) is 17.6. The second-order valence-electron chi connectivity index (χ2n) is 13.2. The van der Waals surface area contributed by atoms with Gasteiger partial charge in [0.15, 0.2) is 0 Å². The van der Waals surface area contributed by atoms with Gasteiger partial charge >= 0.3 is 0 Å². The zero-order valence-electron chi connectivity index (χ0n) is 29.3. The number of rotatable bonds is 6. The highest BCUT2D eigenvalue weighted by molar-refractivity contribution is 7.92. The van der Waals surface area contributed by atoms with Gasteiger partial charge in [-0.3, -0.25) is 4.79 Å². The first-order valence-electron chi connectivity index (χ1n) is 16.8. The van der Waals surface area contributed by atoms with Crippen LogP contribution in [0.15, 0.2) is 76.7 Å². The summed E-state index contributed by atoms with van der Waals surface area (Å²) in [6.07, 6.45) is 4.32. The van der Waals surface area contributed by atoms with Crippen LogP contribution in [0.4, 0.5) is 5.95 Å². The lowest BCUT2D eigenvalue weighted by molar-refractivity contribution is 0.0537. The number of fused-ring (bicyclic) bond motifs is 5. The Labute approximate surface area is 294 Å². The first kappa shape index (κ1) is 34.8. The number of hydrogen-bond donors (Lipinski definition) is 1. The number of hydrogen-bond acceptors (Lipinski definition) is 9. The van der Waals surface area contributed by atoms with E-state index in [0.29, 0.717) is 34.8 Å². The molecule has 1 amide bonds. The number of furan rings is 1. The molecule has 2 aliphatic rings. The SMILES string of the molecule is C=C(C)c1cc2nc(CN3C(=O)c4cccc(c4)S(=O)(=O)Nc4nc(cc(-c5c(C)cccc5C)n4)OC[C@H]3CC3(C)CC3)cnc2o1.CC.[HH]. The monoisotopic (exact) mass is 696 g/mol. The molecule has 1 saturated carbocycles. The van der Waals surface area contributed by atoms with Gasteiger partial charge in [0.1, 0.15) is 17.9 Å². The topological polar surface area (TPSA) is 140 Å². The van der Waals surface area contributed by atoms with Crippen molar-refractivity contribution in [3.8, 4) is 17.1 Å². The summed E-state index contributed by atoms with van der Waals surface area (Å²) in [7, 11) is -4.18. The van der Waals surface area contributed by atoms with Crippen molar-refractivity contribution in [3.05, 3.63) is 95.5 Å². The Kier molecular flexibility index (Phi) is 9.50. The highest BCUT2D eigenvalue weighted by Gasteiger charge is 2.42. The third-order valence-electron chi connectivity index (χ3n) is 9.06. The van der Waals surface area contributed by atoms with Gasteiger partial charge in [0.25, 0.3) is 15.9 Å². The van der Waals surface area contributed by atoms with Crippen LogP contribution in [0.25, 0.3) is 28.1 Å². The summed E-state index contributed by atoms with van der Waals surface area (Å²) in [5.74, 6) is 0.303. The summed E-state index contributed by atoms with van der Waals surface area (Å²) in [5, 5.41) is 0. The Morgan fingerprint density at radius 1 is 1.06 bits per heavy atom. The van der Waals surface area contributed by atoms with Crippen molar-refractivity contribution < 1.29 is 23.8 Å². The molecule has 7 rings (SSSR count). The third-order valence-corrected chi connectivity index (χ3v) is 10.4. The molecule has 1 atom stereocenters. The molecule has 4 heterocycles. The molecule has 4 bridgehead atoms. The fourth-order valence-electron chi connectivity index (χ4n) is 6.15. The minimum absolute atomic E-state index is 0. The lowest BCUT2D eigenvalue weighted by atomic mass is 9.97. The summed E-state index contributed by atoms with van der Waals surface area (Å²) in [5.41, 5.74) is 5.80. The van der Waals surface area contributed by atoms with E-state index in [4.69, 9.17) is 14.1 Å². The number of nitrogens with one attached hydrogen (secondary N) is 1. The van der Waals surface area contributed by atoms with Crippen LogP contribution in [-0.2, 0) is 16.6 Å². The van der Waals surface area contributed by atoms with Crippen LogP contribution in [0, 0.1) is 19.3 Å². The molecular formula is C38H44N6O5S. The predicted molar refractivity (Wildman–Crippen MR) is 195 cm³/mol.